The standard InChI is InChI=1S/C21H27N3O4/c1-9-7-10(2)15-12(8-9)21(19(28)22-15)14-13(16(23-21)11(3)25)17(26)24(18(14)27)20(4,5)6/h7-8,11,13-14,16,23,25H,1-6H3,(H,22,28). The maximum Gasteiger partial charge on any atom is 0.250 e. The molecular formula is C21H27N3O4. The zero-order chi connectivity index (χ0) is 20.8. The zero-order valence-electron chi connectivity index (χ0n) is 17.1. The molecule has 0 bridgehead atoms. The van der Waals surface area contributed by atoms with E-state index in [0.29, 0.717) is 11.3 Å². The predicted octanol–water partition coefficient (Wildman–Crippen LogP) is 1.20. The van der Waals surface area contributed by atoms with E-state index in [1.54, 1.807) is 27.7 Å². The third kappa shape index (κ3) is 2.20. The molecule has 1 spiro atoms. The lowest BCUT2D eigenvalue weighted by molar-refractivity contribution is -0.148. The average molecular weight is 385 g/mol. The molecule has 1 aromatic carbocycles. The SMILES string of the molecule is Cc1cc(C)c2c(c1)C1(NC(C(C)O)C3C(=O)N(C(C)(C)C)C(=O)C31)C(=O)N2. The first-order valence-electron chi connectivity index (χ1n) is 9.68. The van der Waals surface area contributed by atoms with Gasteiger partial charge in [0.05, 0.1) is 17.9 Å². The van der Waals surface area contributed by atoms with Crippen molar-refractivity contribution in [2.75, 3.05) is 5.32 Å². The van der Waals surface area contributed by atoms with Crippen molar-refractivity contribution in [3.8, 4) is 0 Å². The van der Waals surface area contributed by atoms with Crippen molar-refractivity contribution in [2.24, 2.45) is 11.8 Å². The number of aliphatic hydroxyl groups is 1. The van der Waals surface area contributed by atoms with E-state index in [9.17, 15) is 19.5 Å². The van der Waals surface area contributed by atoms with Crippen LogP contribution in [0.3, 0.4) is 0 Å². The summed E-state index contributed by atoms with van der Waals surface area (Å²) in [5.41, 5.74) is 1.18. The van der Waals surface area contributed by atoms with Crippen LogP contribution in [0.5, 0.6) is 0 Å². The summed E-state index contributed by atoms with van der Waals surface area (Å²) < 4.78 is 0. The summed E-state index contributed by atoms with van der Waals surface area (Å²) in [6, 6.07) is 3.18. The maximum atomic E-state index is 13.5. The van der Waals surface area contributed by atoms with Crippen molar-refractivity contribution in [2.45, 2.75) is 64.8 Å². The van der Waals surface area contributed by atoms with Crippen LogP contribution >= 0.6 is 0 Å². The van der Waals surface area contributed by atoms with Gasteiger partial charge in [-0.15, -0.1) is 0 Å². The second-order valence-corrected chi connectivity index (χ2v) is 9.36. The Morgan fingerprint density at radius 1 is 1.14 bits per heavy atom. The zero-order valence-corrected chi connectivity index (χ0v) is 17.1. The van der Waals surface area contributed by atoms with E-state index in [1.807, 2.05) is 26.0 Å². The number of nitrogens with one attached hydrogen (secondary N) is 2. The van der Waals surface area contributed by atoms with Gasteiger partial charge in [-0.2, -0.15) is 0 Å². The number of fused-ring (bicyclic) bond motifs is 4. The topological polar surface area (TPSA) is 98.7 Å². The summed E-state index contributed by atoms with van der Waals surface area (Å²) in [7, 11) is 0. The molecular weight excluding hydrogens is 358 g/mol. The smallest absolute Gasteiger partial charge is 0.250 e. The number of aryl methyl sites for hydroxylation is 2. The van der Waals surface area contributed by atoms with Crippen molar-refractivity contribution in [3.63, 3.8) is 0 Å². The summed E-state index contributed by atoms with van der Waals surface area (Å²) >= 11 is 0. The summed E-state index contributed by atoms with van der Waals surface area (Å²) in [6.45, 7) is 10.8. The molecule has 0 aromatic heterocycles. The number of benzene rings is 1. The van der Waals surface area contributed by atoms with Gasteiger partial charge < -0.3 is 10.4 Å². The van der Waals surface area contributed by atoms with Gasteiger partial charge in [0.15, 0.2) is 0 Å². The van der Waals surface area contributed by atoms with E-state index in [-0.39, 0.29) is 17.7 Å². The maximum absolute atomic E-state index is 13.5. The Morgan fingerprint density at radius 3 is 2.36 bits per heavy atom. The van der Waals surface area contributed by atoms with Gasteiger partial charge in [-0.25, -0.2) is 0 Å². The van der Waals surface area contributed by atoms with Crippen LogP contribution in [-0.4, -0.2) is 45.4 Å². The highest BCUT2D eigenvalue weighted by molar-refractivity contribution is 6.15. The molecule has 5 unspecified atom stereocenters. The van der Waals surface area contributed by atoms with Crippen molar-refractivity contribution in [1.82, 2.24) is 10.2 Å². The van der Waals surface area contributed by atoms with E-state index in [1.165, 1.54) is 4.90 Å². The molecule has 4 rings (SSSR count). The minimum absolute atomic E-state index is 0.330. The summed E-state index contributed by atoms with van der Waals surface area (Å²) in [5, 5.41) is 16.6. The second kappa shape index (κ2) is 5.64. The molecule has 2 saturated heterocycles. The van der Waals surface area contributed by atoms with Crippen LogP contribution in [0.1, 0.15) is 44.4 Å². The van der Waals surface area contributed by atoms with Crippen LogP contribution in [0.25, 0.3) is 0 Å². The molecule has 3 amide bonds. The first kappa shape index (κ1) is 19.1. The van der Waals surface area contributed by atoms with E-state index in [0.717, 1.165) is 11.1 Å². The fourth-order valence-corrected chi connectivity index (χ4v) is 5.26. The molecule has 3 N–H and O–H groups in total. The van der Waals surface area contributed by atoms with Crippen LogP contribution in [0.2, 0.25) is 0 Å². The van der Waals surface area contributed by atoms with Gasteiger partial charge in [0, 0.05) is 22.8 Å². The van der Waals surface area contributed by atoms with Gasteiger partial charge in [-0.3, -0.25) is 24.6 Å². The number of rotatable bonds is 1. The number of amides is 3. The Kier molecular flexibility index (Phi) is 3.84. The number of hydrogen-bond donors (Lipinski definition) is 3. The average Bonchev–Trinajstić information content (AvgIpc) is 3.13. The summed E-state index contributed by atoms with van der Waals surface area (Å²) in [5.74, 6) is -2.71. The van der Waals surface area contributed by atoms with E-state index in [4.69, 9.17) is 0 Å². The Morgan fingerprint density at radius 2 is 1.79 bits per heavy atom. The highest BCUT2D eigenvalue weighted by Crippen LogP contribution is 2.54. The van der Waals surface area contributed by atoms with Crippen molar-refractivity contribution >= 4 is 23.4 Å². The Hall–Kier alpha value is -2.25. The lowest BCUT2D eigenvalue weighted by Crippen LogP contribution is -2.57. The van der Waals surface area contributed by atoms with E-state index in [2.05, 4.69) is 10.6 Å². The molecule has 2 fully saturated rings. The monoisotopic (exact) mass is 385 g/mol. The van der Waals surface area contributed by atoms with Crippen LogP contribution in [0, 0.1) is 25.7 Å². The third-order valence-corrected chi connectivity index (χ3v) is 6.29. The molecule has 5 atom stereocenters. The number of imide groups is 1. The van der Waals surface area contributed by atoms with Gasteiger partial charge >= 0.3 is 0 Å². The van der Waals surface area contributed by atoms with Crippen LogP contribution < -0.4 is 10.6 Å². The Labute approximate surface area is 164 Å². The highest BCUT2D eigenvalue weighted by atomic mass is 16.3. The normalized spacial score (nSPS) is 32.8. The fourth-order valence-electron chi connectivity index (χ4n) is 5.26. The molecule has 0 saturated carbocycles. The molecule has 0 radical (unpaired) electrons. The highest BCUT2D eigenvalue weighted by Gasteiger charge is 2.72. The first-order chi connectivity index (χ1) is 12.9. The molecule has 1 aromatic rings. The summed E-state index contributed by atoms with van der Waals surface area (Å²) in [4.78, 5) is 41.3. The van der Waals surface area contributed by atoms with Crippen LogP contribution in [0.15, 0.2) is 12.1 Å². The van der Waals surface area contributed by atoms with Crippen molar-refractivity contribution in [1.29, 1.82) is 0 Å². The van der Waals surface area contributed by atoms with Crippen LogP contribution in [-0.2, 0) is 19.9 Å². The predicted molar refractivity (Wildman–Crippen MR) is 103 cm³/mol. The number of likely N-dealkylation sites (tertiary alicyclic amines) is 1. The molecule has 7 nitrogen and oxygen atoms in total. The van der Waals surface area contributed by atoms with Gasteiger partial charge in [0.25, 0.3) is 0 Å². The number of carbonyl (C=O) groups is 3. The molecule has 150 valence electrons. The minimum Gasteiger partial charge on any atom is -0.392 e. The third-order valence-electron chi connectivity index (χ3n) is 6.29. The number of nitrogens with zero attached hydrogens (tertiary/aromatic N) is 1. The number of hydrogen-bond acceptors (Lipinski definition) is 5. The largest absolute Gasteiger partial charge is 0.392 e. The van der Waals surface area contributed by atoms with Crippen LogP contribution in [0.4, 0.5) is 5.69 Å². The number of aliphatic hydroxyl groups excluding tert-OH is 1. The van der Waals surface area contributed by atoms with Gasteiger partial charge in [-0.05, 0) is 47.1 Å². The lowest BCUT2D eigenvalue weighted by Gasteiger charge is -2.35. The van der Waals surface area contributed by atoms with Gasteiger partial charge in [-0.1, -0.05) is 17.7 Å². The molecule has 3 aliphatic rings. The molecule has 28 heavy (non-hydrogen) atoms. The summed E-state index contributed by atoms with van der Waals surface area (Å²) in [6.07, 6.45) is -0.897. The molecule has 3 heterocycles. The first-order valence-corrected chi connectivity index (χ1v) is 9.68. The van der Waals surface area contributed by atoms with E-state index >= 15 is 0 Å². The Bertz CT molecular complexity index is 917. The quantitative estimate of drug-likeness (QED) is 0.631. The van der Waals surface area contributed by atoms with Crippen molar-refractivity contribution < 1.29 is 19.5 Å². The number of carbonyl (C=O) groups excluding carboxylic acids is 3. The fraction of sp³-hybridized carbons (Fsp3) is 0.571. The van der Waals surface area contributed by atoms with Crippen molar-refractivity contribution in [3.05, 3.63) is 28.8 Å². The van der Waals surface area contributed by atoms with Gasteiger partial charge in [0.2, 0.25) is 17.7 Å². The van der Waals surface area contributed by atoms with E-state index < -0.39 is 35.1 Å². The lowest BCUT2D eigenvalue weighted by atomic mass is 9.75. The minimum atomic E-state index is -1.36. The number of anilines is 1. The second-order valence-electron chi connectivity index (χ2n) is 9.36. The Balaban J connectivity index is 1.97. The molecule has 7 heteroatoms. The molecule has 3 aliphatic heterocycles. The molecule has 0 aliphatic carbocycles. The van der Waals surface area contributed by atoms with Gasteiger partial charge in [0.1, 0.15) is 5.54 Å².